The molecule has 0 fully saturated rings. The minimum atomic E-state index is -0.668. The molecular weight excluding hydrogens is 408 g/mol. The summed E-state index contributed by atoms with van der Waals surface area (Å²) >= 11 is 1.35. The molecule has 0 unspecified atom stereocenters. The van der Waals surface area contributed by atoms with E-state index in [1.807, 2.05) is 5.38 Å². The second-order valence-electron chi connectivity index (χ2n) is 6.52. The number of carbonyl (C=O) groups is 2. The number of thiophene rings is 1. The van der Waals surface area contributed by atoms with Gasteiger partial charge in [0, 0.05) is 11.4 Å². The molecule has 4 nitrogen and oxygen atoms in total. The van der Waals surface area contributed by atoms with Gasteiger partial charge in [-0.1, -0.05) is 30.3 Å². The largest absolute Gasteiger partial charge is 0.452 e. The number of benzene rings is 2. The fourth-order valence-corrected chi connectivity index (χ4v) is 3.33. The average Bonchev–Trinajstić information content (AvgIpc) is 3.27. The van der Waals surface area contributed by atoms with Crippen molar-refractivity contribution in [2.75, 3.05) is 6.61 Å². The molecule has 0 atom stereocenters. The molecule has 154 valence electrons. The monoisotopic (exact) mass is 427 g/mol. The third-order valence-electron chi connectivity index (χ3n) is 4.25. The first-order valence-corrected chi connectivity index (χ1v) is 10.0. The van der Waals surface area contributed by atoms with Gasteiger partial charge in [-0.2, -0.15) is 0 Å². The van der Waals surface area contributed by atoms with E-state index in [2.05, 4.69) is 5.32 Å². The van der Waals surface area contributed by atoms with E-state index in [-0.39, 0.29) is 23.8 Å². The molecule has 2 aromatic carbocycles. The van der Waals surface area contributed by atoms with Crippen LogP contribution in [0.2, 0.25) is 0 Å². The van der Waals surface area contributed by atoms with Crippen molar-refractivity contribution >= 4 is 34.9 Å². The number of rotatable bonds is 7. The Morgan fingerprint density at radius 2 is 1.87 bits per heavy atom. The topological polar surface area (TPSA) is 55.4 Å². The molecule has 0 aliphatic carbocycles. The summed E-state index contributed by atoms with van der Waals surface area (Å²) < 4.78 is 31.9. The first-order valence-electron chi connectivity index (χ1n) is 9.12. The van der Waals surface area contributed by atoms with E-state index >= 15 is 0 Å². The lowest BCUT2D eigenvalue weighted by Crippen LogP contribution is -2.28. The SMILES string of the molecule is Cc1ccc(CNC(=O)COC(=O)/C(=C/c2ccc(F)cc2)c2cccs2)cc1F. The predicted octanol–water partition coefficient (Wildman–Crippen LogP) is 4.73. The van der Waals surface area contributed by atoms with Crippen molar-refractivity contribution in [2.24, 2.45) is 0 Å². The van der Waals surface area contributed by atoms with Gasteiger partial charge < -0.3 is 10.1 Å². The molecule has 1 heterocycles. The number of hydrogen-bond donors (Lipinski definition) is 1. The number of carbonyl (C=O) groups excluding carboxylic acids is 2. The van der Waals surface area contributed by atoms with Crippen LogP contribution in [0.1, 0.15) is 21.6 Å². The Morgan fingerprint density at radius 3 is 2.53 bits per heavy atom. The highest BCUT2D eigenvalue weighted by molar-refractivity contribution is 7.11. The minimum absolute atomic E-state index is 0.122. The Kier molecular flexibility index (Phi) is 7.08. The average molecular weight is 427 g/mol. The van der Waals surface area contributed by atoms with Gasteiger partial charge in [-0.25, -0.2) is 13.6 Å². The fraction of sp³-hybridized carbons (Fsp3) is 0.130. The van der Waals surface area contributed by atoms with Crippen LogP contribution in [0.5, 0.6) is 0 Å². The molecule has 30 heavy (non-hydrogen) atoms. The summed E-state index contributed by atoms with van der Waals surface area (Å²) in [7, 11) is 0. The lowest BCUT2D eigenvalue weighted by molar-refractivity contribution is -0.142. The Balaban J connectivity index is 1.62. The second-order valence-corrected chi connectivity index (χ2v) is 7.47. The lowest BCUT2D eigenvalue weighted by Gasteiger charge is -2.09. The molecule has 0 spiro atoms. The van der Waals surface area contributed by atoms with E-state index in [4.69, 9.17) is 4.74 Å². The Hall–Kier alpha value is -3.32. The highest BCUT2D eigenvalue weighted by atomic mass is 32.1. The van der Waals surface area contributed by atoms with Crippen molar-refractivity contribution in [1.82, 2.24) is 5.32 Å². The van der Waals surface area contributed by atoms with Crippen LogP contribution in [0.25, 0.3) is 11.6 Å². The molecule has 0 aliphatic rings. The summed E-state index contributed by atoms with van der Waals surface area (Å²) in [6.07, 6.45) is 1.58. The van der Waals surface area contributed by atoms with Gasteiger partial charge in [0.05, 0.1) is 5.57 Å². The van der Waals surface area contributed by atoms with Crippen molar-refractivity contribution in [2.45, 2.75) is 13.5 Å². The zero-order valence-corrected chi connectivity index (χ0v) is 17.0. The third kappa shape index (κ3) is 5.84. The number of amides is 1. The van der Waals surface area contributed by atoms with Gasteiger partial charge in [0.1, 0.15) is 11.6 Å². The van der Waals surface area contributed by atoms with Crippen molar-refractivity contribution in [3.63, 3.8) is 0 Å². The molecular formula is C23H19F2NO3S. The number of halogens is 2. The normalized spacial score (nSPS) is 11.2. The van der Waals surface area contributed by atoms with E-state index < -0.39 is 18.5 Å². The van der Waals surface area contributed by atoms with Gasteiger partial charge in [-0.3, -0.25) is 4.79 Å². The highest BCUT2D eigenvalue weighted by Crippen LogP contribution is 2.24. The Labute approximate surface area is 176 Å². The summed E-state index contributed by atoms with van der Waals surface area (Å²) in [5.41, 5.74) is 2.02. The molecule has 0 radical (unpaired) electrons. The van der Waals surface area contributed by atoms with Gasteiger partial charge >= 0.3 is 5.97 Å². The first kappa shape index (κ1) is 21.4. The predicted molar refractivity (Wildman–Crippen MR) is 113 cm³/mol. The number of hydrogen-bond acceptors (Lipinski definition) is 4. The maximum atomic E-state index is 13.6. The van der Waals surface area contributed by atoms with Crippen LogP contribution in [0.15, 0.2) is 60.0 Å². The van der Waals surface area contributed by atoms with E-state index in [1.54, 1.807) is 49.4 Å². The molecule has 1 amide bonds. The maximum Gasteiger partial charge on any atom is 0.340 e. The molecule has 7 heteroatoms. The molecule has 3 rings (SSSR count). The molecule has 1 aromatic heterocycles. The summed E-state index contributed by atoms with van der Waals surface area (Å²) in [5, 5.41) is 4.40. The van der Waals surface area contributed by atoms with E-state index in [1.165, 1.54) is 29.5 Å². The molecule has 0 aliphatic heterocycles. The minimum Gasteiger partial charge on any atom is -0.452 e. The smallest absolute Gasteiger partial charge is 0.340 e. The van der Waals surface area contributed by atoms with Crippen LogP contribution in [0.3, 0.4) is 0 Å². The Morgan fingerprint density at radius 1 is 1.10 bits per heavy atom. The van der Waals surface area contributed by atoms with Crippen LogP contribution in [-0.2, 0) is 20.9 Å². The Bertz CT molecular complexity index is 1060. The van der Waals surface area contributed by atoms with Gasteiger partial charge in [-0.15, -0.1) is 11.3 Å². The van der Waals surface area contributed by atoms with E-state index in [0.29, 0.717) is 21.6 Å². The molecule has 0 saturated carbocycles. The summed E-state index contributed by atoms with van der Waals surface area (Å²) in [6, 6.07) is 13.9. The van der Waals surface area contributed by atoms with Crippen molar-refractivity contribution in [3.05, 3.63) is 93.2 Å². The number of nitrogens with one attached hydrogen (secondary N) is 1. The van der Waals surface area contributed by atoms with Gasteiger partial charge in [-0.05, 0) is 59.3 Å². The number of aryl methyl sites for hydroxylation is 1. The maximum absolute atomic E-state index is 13.6. The number of esters is 1. The van der Waals surface area contributed by atoms with Gasteiger partial charge in [0.2, 0.25) is 0 Å². The molecule has 0 saturated heterocycles. The van der Waals surface area contributed by atoms with Crippen molar-refractivity contribution in [1.29, 1.82) is 0 Å². The van der Waals surface area contributed by atoms with E-state index in [9.17, 15) is 18.4 Å². The molecule has 0 bridgehead atoms. The van der Waals surface area contributed by atoms with Crippen LogP contribution in [0, 0.1) is 18.6 Å². The van der Waals surface area contributed by atoms with Gasteiger partial charge in [0.25, 0.3) is 5.91 Å². The second kappa shape index (κ2) is 9.93. The summed E-state index contributed by atoms with van der Waals surface area (Å²) in [4.78, 5) is 25.3. The highest BCUT2D eigenvalue weighted by Gasteiger charge is 2.16. The summed E-state index contributed by atoms with van der Waals surface area (Å²) in [5.74, 6) is -1.90. The lowest BCUT2D eigenvalue weighted by atomic mass is 10.1. The van der Waals surface area contributed by atoms with Crippen molar-refractivity contribution in [3.8, 4) is 0 Å². The molecule has 3 aromatic rings. The zero-order chi connectivity index (χ0) is 21.5. The standard InChI is InChI=1S/C23H19F2NO3S/c1-15-4-5-17(12-20(15)25)13-26-22(27)14-29-23(28)19(21-3-2-10-30-21)11-16-6-8-18(24)9-7-16/h2-12H,13-14H2,1H3,(H,26,27)/b19-11+. The quantitative estimate of drug-likeness (QED) is 0.438. The van der Waals surface area contributed by atoms with E-state index in [0.717, 1.165) is 0 Å². The van der Waals surface area contributed by atoms with Crippen molar-refractivity contribution < 1.29 is 23.1 Å². The van der Waals surface area contributed by atoms with Crippen LogP contribution in [-0.4, -0.2) is 18.5 Å². The fourth-order valence-electron chi connectivity index (χ4n) is 2.59. The third-order valence-corrected chi connectivity index (χ3v) is 5.15. The zero-order valence-electron chi connectivity index (χ0n) is 16.2. The summed E-state index contributed by atoms with van der Waals surface area (Å²) in [6.45, 7) is 1.30. The first-order chi connectivity index (χ1) is 14.4. The van der Waals surface area contributed by atoms with Gasteiger partial charge in [0.15, 0.2) is 6.61 Å². The van der Waals surface area contributed by atoms with Crippen LogP contribution in [0.4, 0.5) is 8.78 Å². The van der Waals surface area contributed by atoms with Crippen LogP contribution < -0.4 is 5.32 Å². The molecule has 1 N–H and O–H groups in total. The number of ether oxygens (including phenoxy) is 1. The van der Waals surface area contributed by atoms with Crippen LogP contribution >= 0.6 is 11.3 Å².